The lowest BCUT2D eigenvalue weighted by atomic mass is 10.2. The van der Waals surface area contributed by atoms with Gasteiger partial charge in [0.2, 0.25) is 0 Å². The molecule has 0 unspecified atom stereocenters. The summed E-state index contributed by atoms with van der Waals surface area (Å²) in [4.78, 5) is 0. The van der Waals surface area contributed by atoms with E-state index in [0.717, 1.165) is 0 Å². The van der Waals surface area contributed by atoms with Crippen LogP contribution in [0.25, 0.3) is 0 Å². The molecule has 0 amide bonds. The Morgan fingerprint density at radius 3 is 2.28 bits per heavy atom. The van der Waals surface area contributed by atoms with E-state index in [4.69, 9.17) is 40.5 Å². The Kier molecular flexibility index (Phi) is 3.85. The molecule has 0 aliphatic rings. The molecule has 94 valence electrons. The number of nitrogens with two attached hydrogens (primary N) is 1. The molecule has 3 N–H and O–H groups in total. The fourth-order valence-electron chi connectivity index (χ4n) is 1.45. The largest absolute Gasteiger partial charge is 0.397 e. The molecule has 2 rings (SSSR count). The highest BCUT2D eigenvalue weighted by Gasteiger charge is 2.06. The summed E-state index contributed by atoms with van der Waals surface area (Å²) in [5.74, 6) is -0.441. The number of hydrogen-bond donors (Lipinski definition) is 2. The molecule has 0 radical (unpaired) electrons. The lowest BCUT2D eigenvalue weighted by molar-refractivity contribution is 0.628. The third-order valence-electron chi connectivity index (χ3n) is 2.23. The summed E-state index contributed by atoms with van der Waals surface area (Å²) in [5.41, 5.74) is 7.20. The Morgan fingerprint density at radius 2 is 1.61 bits per heavy atom. The van der Waals surface area contributed by atoms with Crippen molar-refractivity contribution in [3.63, 3.8) is 0 Å². The Hall–Kier alpha value is -1.16. The fourth-order valence-corrected chi connectivity index (χ4v) is 2.01. The molecule has 0 saturated carbocycles. The van der Waals surface area contributed by atoms with E-state index in [1.54, 1.807) is 12.1 Å². The maximum atomic E-state index is 13.2. The van der Waals surface area contributed by atoms with Gasteiger partial charge in [-0.3, -0.25) is 0 Å². The first-order valence-electron chi connectivity index (χ1n) is 4.93. The summed E-state index contributed by atoms with van der Waals surface area (Å²) in [7, 11) is 0. The van der Waals surface area contributed by atoms with Gasteiger partial charge in [0.25, 0.3) is 0 Å². The van der Waals surface area contributed by atoms with Crippen LogP contribution in [-0.4, -0.2) is 0 Å². The van der Waals surface area contributed by atoms with Gasteiger partial charge in [-0.05, 0) is 30.3 Å². The smallest absolute Gasteiger partial charge is 0.126 e. The van der Waals surface area contributed by atoms with Crippen LogP contribution in [0.1, 0.15) is 0 Å². The number of halogens is 4. The molecule has 0 atom stereocenters. The maximum absolute atomic E-state index is 13.2. The van der Waals surface area contributed by atoms with Crippen molar-refractivity contribution in [1.29, 1.82) is 0 Å². The fraction of sp³-hybridized carbons (Fsp3) is 0. The summed E-state index contributed by atoms with van der Waals surface area (Å²) in [6.07, 6.45) is 0. The SMILES string of the molecule is Nc1cc(Cl)c(Cl)cc1Nc1cc(F)cc(Cl)c1. The highest BCUT2D eigenvalue weighted by molar-refractivity contribution is 6.42. The van der Waals surface area contributed by atoms with Crippen LogP contribution in [0.5, 0.6) is 0 Å². The summed E-state index contributed by atoms with van der Waals surface area (Å²) < 4.78 is 13.2. The van der Waals surface area contributed by atoms with Gasteiger partial charge in [0.15, 0.2) is 0 Å². The molecule has 0 heterocycles. The Labute approximate surface area is 118 Å². The van der Waals surface area contributed by atoms with E-state index >= 15 is 0 Å². The average Bonchev–Trinajstić information content (AvgIpc) is 2.24. The van der Waals surface area contributed by atoms with E-state index < -0.39 is 5.82 Å². The first kappa shape index (κ1) is 13.3. The van der Waals surface area contributed by atoms with Crippen molar-refractivity contribution in [2.75, 3.05) is 11.1 Å². The van der Waals surface area contributed by atoms with E-state index in [1.165, 1.54) is 18.2 Å². The van der Waals surface area contributed by atoms with Crippen molar-refractivity contribution in [3.8, 4) is 0 Å². The third-order valence-corrected chi connectivity index (χ3v) is 3.17. The third kappa shape index (κ3) is 2.99. The molecule has 0 aromatic heterocycles. The van der Waals surface area contributed by atoms with Gasteiger partial charge in [0.1, 0.15) is 5.82 Å². The van der Waals surface area contributed by atoms with Crippen LogP contribution < -0.4 is 11.1 Å². The number of hydrogen-bond acceptors (Lipinski definition) is 2. The van der Waals surface area contributed by atoms with E-state index in [-0.39, 0.29) is 5.02 Å². The van der Waals surface area contributed by atoms with Crippen molar-refractivity contribution in [1.82, 2.24) is 0 Å². The summed E-state index contributed by atoms with van der Waals surface area (Å²) in [6.45, 7) is 0. The van der Waals surface area contributed by atoms with Crippen LogP contribution in [0, 0.1) is 5.82 Å². The Bertz CT molecular complexity index is 582. The van der Waals surface area contributed by atoms with Gasteiger partial charge in [-0.2, -0.15) is 0 Å². The lowest BCUT2D eigenvalue weighted by Gasteiger charge is -2.11. The minimum atomic E-state index is -0.441. The van der Waals surface area contributed by atoms with Gasteiger partial charge < -0.3 is 11.1 Å². The van der Waals surface area contributed by atoms with Crippen LogP contribution in [0.15, 0.2) is 30.3 Å². The number of rotatable bonds is 2. The molecule has 2 aromatic rings. The van der Waals surface area contributed by atoms with Crippen LogP contribution in [0.3, 0.4) is 0 Å². The second-order valence-electron chi connectivity index (χ2n) is 3.64. The molecule has 2 aromatic carbocycles. The molecular weight excluding hydrogens is 298 g/mol. The maximum Gasteiger partial charge on any atom is 0.126 e. The highest BCUT2D eigenvalue weighted by atomic mass is 35.5. The zero-order valence-corrected chi connectivity index (χ0v) is 11.2. The predicted molar refractivity (Wildman–Crippen MR) is 75.6 cm³/mol. The molecule has 0 aliphatic carbocycles. The lowest BCUT2D eigenvalue weighted by Crippen LogP contribution is -1.97. The number of nitrogens with one attached hydrogen (secondary N) is 1. The minimum Gasteiger partial charge on any atom is -0.397 e. The Balaban J connectivity index is 2.36. The summed E-state index contributed by atoms with van der Waals surface area (Å²) >= 11 is 17.5. The normalized spacial score (nSPS) is 10.4. The van der Waals surface area contributed by atoms with Crippen LogP contribution in [0.4, 0.5) is 21.5 Å². The monoisotopic (exact) mass is 304 g/mol. The molecule has 0 spiro atoms. The molecule has 0 saturated heterocycles. The average molecular weight is 306 g/mol. The summed E-state index contributed by atoms with van der Waals surface area (Å²) in [5, 5.41) is 3.93. The highest BCUT2D eigenvalue weighted by Crippen LogP contribution is 2.33. The van der Waals surface area contributed by atoms with Crippen molar-refractivity contribution in [3.05, 3.63) is 51.2 Å². The topological polar surface area (TPSA) is 38.0 Å². The standard InChI is InChI=1S/C12H8Cl3FN2/c13-6-1-7(16)3-8(2-6)18-12-5-10(15)9(14)4-11(12)17/h1-5,18H,17H2. The molecule has 0 bridgehead atoms. The quantitative estimate of drug-likeness (QED) is 0.756. The molecule has 0 aliphatic heterocycles. The van der Waals surface area contributed by atoms with E-state index in [2.05, 4.69) is 5.32 Å². The van der Waals surface area contributed by atoms with Crippen molar-refractivity contribution in [2.24, 2.45) is 0 Å². The van der Waals surface area contributed by atoms with Gasteiger partial charge in [-0.1, -0.05) is 34.8 Å². The first-order valence-corrected chi connectivity index (χ1v) is 6.07. The van der Waals surface area contributed by atoms with Crippen LogP contribution in [0.2, 0.25) is 15.1 Å². The number of anilines is 3. The molecular formula is C12H8Cl3FN2. The van der Waals surface area contributed by atoms with Crippen LogP contribution >= 0.6 is 34.8 Å². The van der Waals surface area contributed by atoms with Gasteiger partial charge in [0, 0.05) is 10.7 Å². The first-order chi connectivity index (χ1) is 8.45. The van der Waals surface area contributed by atoms with E-state index in [0.29, 0.717) is 27.1 Å². The van der Waals surface area contributed by atoms with Crippen LogP contribution in [-0.2, 0) is 0 Å². The Morgan fingerprint density at radius 1 is 0.944 bits per heavy atom. The van der Waals surface area contributed by atoms with Gasteiger partial charge in [0.05, 0.1) is 21.4 Å². The van der Waals surface area contributed by atoms with Crippen molar-refractivity contribution in [2.45, 2.75) is 0 Å². The van der Waals surface area contributed by atoms with Gasteiger partial charge >= 0.3 is 0 Å². The molecule has 2 nitrogen and oxygen atoms in total. The number of benzene rings is 2. The minimum absolute atomic E-state index is 0.288. The molecule has 0 fully saturated rings. The van der Waals surface area contributed by atoms with Gasteiger partial charge in [-0.25, -0.2) is 4.39 Å². The van der Waals surface area contributed by atoms with Crippen molar-refractivity contribution >= 4 is 51.9 Å². The van der Waals surface area contributed by atoms with Crippen molar-refractivity contribution < 1.29 is 4.39 Å². The molecule has 6 heteroatoms. The van der Waals surface area contributed by atoms with Gasteiger partial charge in [-0.15, -0.1) is 0 Å². The zero-order valence-electron chi connectivity index (χ0n) is 8.98. The summed E-state index contributed by atoms with van der Waals surface area (Å²) in [6, 6.07) is 7.18. The second-order valence-corrected chi connectivity index (χ2v) is 4.89. The van der Waals surface area contributed by atoms with E-state index in [1.807, 2.05) is 0 Å². The second kappa shape index (κ2) is 5.22. The zero-order chi connectivity index (χ0) is 13.3. The molecule has 18 heavy (non-hydrogen) atoms. The number of nitrogen functional groups attached to an aromatic ring is 1. The van der Waals surface area contributed by atoms with E-state index in [9.17, 15) is 4.39 Å². The predicted octanol–water partition coefficient (Wildman–Crippen LogP) is 5.11.